The normalized spacial score (nSPS) is 12.8. The predicted octanol–water partition coefficient (Wildman–Crippen LogP) is 3.37. The average Bonchev–Trinajstić information content (AvgIpc) is 2.42. The summed E-state index contributed by atoms with van der Waals surface area (Å²) in [6, 6.07) is 7.81. The van der Waals surface area contributed by atoms with E-state index in [4.69, 9.17) is 18.0 Å². The largest absolute Gasteiger partial charge is 0.393 e. The van der Waals surface area contributed by atoms with Gasteiger partial charge < -0.3 is 10.6 Å². The Kier molecular flexibility index (Phi) is 5.90. The summed E-state index contributed by atoms with van der Waals surface area (Å²) < 4.78 is 0. The Morgan fingerprint density at radius 2 is 1.90 bits per heavy atom. The van der Waals surface area contributed by atoms with Gasteiger partial charge in [0.05, 0.1) is 4.99 Å². The first-order chi connectivity index (χ1) is 9.68. The number of hydrogen-bond donors (Lipinski definition) is 1. The molecule has 1 atom stereocenters. The molecule has 0 fully saturated rings. The molecule has 0 aliphatic heterocycles. The summed E-state index contributed by atoms with van der Waals surface area (Å²) >= 11 is 5.01. The number of carbonyl (C=O) groups excluding carboxylic acids is 1. The molecule has 1 amide bonds. The lowest BCUT2D eigenvalue weighted by molar-refractivity contribution is 0.0752. The van der Waals surface area contributed by atoms with Crippen molar-refractivity contribution < 1.29 is 4.79 Å². The van der Waals surface area contributed by atoms with Crippen LogP contribution < -0.4 is 5.73 Å². The summed E-state index contributed by atoms with van der Waals surface area (Å²) in [5.41, 5.74) is 7.43. The van der Waals surface area contributed by atoms with Gasteiger partial charge in [-0.2, -0.15) is 0 Å². The van der Waals surface area contributed by atoms with E-state index in [9.17, 15) is 4.79 Å². The topological polar surface area (TPSA) is 46.3 Å². The summed E-state index contributed by atoms with van der Waals surface area (Å²) in [4.78, 5) is 15.1. The van der Waals surface area contributed by atoms with Gasteiger partial charge in [-0.1, -0.05) is 58.1 Å². The smallest absolute Gasteiger partial charge is 0.254 e. The van der Waals surface area contributed by atoms with Crippen LogP contribution in [0.3, 0.4) is 0 Å². The van der Waals surface area contributed by atoms with Crippen molar-refractivity contribution >= 4 is 23.1 Å². The first kappa shape index (κ1) is 17.6. The molecule has 3 nitrogen and oxygen atoms in total. The number of thiocarbonyl (C=S) groups is 1. The fourth-order valence-electron chi connectivity index (χ4n) is 2.27. The van der Waals surface area contributed by atoms with Gasteiger partial charge in [0.25, 0.3) is 5.91 Å². The number of benzene rings is 1. The van der Waals surface area contributed by atoms with Crippen molar-refractivity contribution in [2.45, 2.75) is 40.0 Å². The summed E-state index contributed by atoms with van der Waals surface area (Å²) in [6.45, 7) is 11.5. The van der Waals surface area contributed by atoms with Crippen LogP contribution in [-0.4, -0.2) is 28.9 Å². The molecule has 116 valence electrons. The van der Waals surface area contributed by atoms with Crippen LogP contribution in [0.4, 0.5) is 0 Å². The molecule has 1 unspecified atom stereocenters. The third-order valence-corrected chi connectivity index (χ3v) is 4.02. The third-order valence-electron chi connectivity index (χ3n) is 3.61. The maximum atomic E-state index is 12.8. The van der Waals surface area contributed by atoms with Crippen LogP contribution in [0.25, 0.3) is 0 Å². The van der Waals surface area contributed by atoms with Gasteiger partial charge >= 0.3 is 0 Å². The molecular weight excluding hydrogens is 280 g/mol. The van der Waals surface area contributed by atoms with Crippen LogP contribution in [0.15, 0.2) is 24.3 Å². The molecule has 1 aromatic rings. The molecule has 0 saturated carbocycles. The standard InChI is InChI=1S/C17H26N2OS/c1-6-19(11-12(2)15(18)21)16(20)13-9-7-8-10-14(13)17(3,4)5/h7-10,12H,6,11H2,1-5H3,(H2,18,21). The molecule has 0 bridgehead atoms. The minimum Gasteiger partial charge on any atom is -0.393 e. The maximum Gasteiger partial charge on any atom is 0.254 e. The molecule has 0 spiro atoms. The van der Waals surface area contributed by atoms with E-state index in [1.54, 1.807) is 0 Å². The SMILES string of the molecule is CCN(CC(C)C(N)=S)C(=O)c1ccccc1C(C)(C)C. The molecule has 0 aliphatic rings. The van der Waals surface area contributed by atoms with Crippen LogP contribution >= 0.6 is 12.2 Å². The zero-order chi connectivity index (χ0) is 16.2. The number of rotatable bonds is 5. The first-order valence-corrected chi connectivity index (χ1v) is 7.77. The van der Waals surface area contributed by atoms with E-state index in [2.05, 4.69) is 20.8 Å². The molecule has 2 N–H and O–H groups in total. The highest BCUT2D eigenvalue weighted by Crippen LogP contribution is 2.26. The van der Waals surface area contributed by atoms with Crippen molar-refractivity contribution in [2.24, 2.45) is 11.7 Å². The van der Waals surface area contributed by atoms with E-state index in [0.29, 0.717) is 18.1 Å². The molecule has 0 aliphatic carbocycles. The molecule has 21 heavy (non-hydrogen) atoms. The van der Waals surface area contributed by atoms with E-state index in [1.807, 2.05) is 43.0 Å². The van der Waals surface area contributed by atoms with Crippen molar-refractivity contribution in [2.75, 3.05) is 13.1 Å². The van der Waals surface area contributed by atoms with Crippen LogP contribution in [0.1, 0.15) is 50.5 Å². The van der Waals surface area contributed by atoms with E-state index >= 15 is 0 Å². The number of nitrogens with two attached hydrogens (primary N) is 1. The minimum absolute atomic E-state index is 0.0192. The second kappa shape index (κ2) is 7.03. The van der Waals surface area contributed by atoms with Crippen molar-refractivity contribution in [1.82, 2.24) is 4.90 Å². The van der Waals surface area contributed by atoms with Crippen LogP contribution in [0.5, 0.6) is 0 Å². The van der Waals surface area contributed by atoms with E-state index in [-0.39, 0.29) is 17.2 Å². The molecule has 0 aromatic heterocycles. The van der Waals surface area contributed by atoms with Gasteiger partial charge in [-0.15, -0.1) is 0 Å². The third kappa shape index (κ3) is 4.53. The molecule has 0 saturated heterocycles. The van der Waals surface area contributed by atoms with Gasteiger partial charge in [-0.25, -0.2) is 0 Å². The highest BCUT2D eigenvalue weighted by atomic mass is 32.1. The Labute approximate surface area is 133 Å². The fourth-order valence-corrected chi connectivity index (χ4v) is 2.34. The first-order valence-electron chi connectivity index (χ1n) is 7.36. The average molecular weight is 306 g/mol. The van der Waals surface area contributed by atoms with Crippen molar-refractivity contribution in [3.05, 3.63) is 35.4 Å². The van der Waals surface area contributed by atoms with E-state index < -0.39 is 0 Å². The van der Waals surface area contributed by atoms with Gasteiger partial charge in [0.15, 0.2) is 0 Å². The Balaban J connectivity index is 3.09. The second-order valence-corrected chi connectivity index (χ2v) is 6.91. The van der Waals surface area contributed by atoms with Gasteiger partial charge in [0.2, 0.25) is 0 Å². The lowest BCUT2D eigenvalue weighted by Crippen LogP contribution is -2.39. The second-order valence-electron chi connectivity index (χ2n) is 6.44. The highest BCUT2D eigenvalue weighted by molar-refractivity contribution is 7.80. The quantitative estimate of drug-likeness (QED) is 0.848. The van der Waals surface area contributed by atoms with Gasteiger partial charge in [0.1, 0.15) is 0 Å². The van der Waals surface area contributed by atoms with Crippen LogP contribution in [0.2, 0.25) is 0 Å². The Morgan fingerprint density at radius 3 is 2.38 bits per heavy atom. The van der Waals surface area contributed by atoms with Crippen LogP contribution in [-0.2, 0) is 5.41 Å². The summed E-state index contributed by atoms with van der Waals surface area (Å²) in [5.74, 6) is 0.0665. The number of nitrogens with zero attached hydrogens (tertiary/aromatic N) is 1. The van der Waals surface area contributed by atoms with Gasteiger partial charge in [0, 0.05) is 24.6 Å². The van der Waals surface area contributed by atoms with Crippen molar-refractivity contribution in [3.8, 4) is 0 Å². The predicted molar refractivity (Wildman–Crippen MR) is 92.7 cm³/mol. The summed E-state index contributed by atoms with van der Waals surface area (Å²) in [6.07, 6.45) is 0. The minimum atomic E-state index is -0.0690. The maximum absolute atomic E-state index is 12.8. The van der Waals surface area contributed by atoms with Crippen molar-refractivity contribution in [1.29, 1.82) is 0 Å². The molecule has 0 radical (unpaired) electrons. The van der Waals surface area contributed by atoms with E-state index in [1.165, 1.54) is 0 Å². The number of carbonyl (C=O) groups is 1. The molecule has 4 heteroatoms. The molecule has 1 aromatic carbocycles. The fraction of sp³-hybridized carbons (Fsp3) is 0.529. The van der Waals surface area contributed by atoms with Gasteiger partial charge in [-0.3, -0.25) is 4.79 Å². The van der Waals surface area contributed by atoms with Crippen molar-refractivity contribution in [3.63, 3.8) is 0 Å². The van der Waals surface area contributed by atoms with Gasteiger partial charge in [-0.05, 0) is 24.0 Å². The zero-order valence-electron chi connectivity index (χ0n) is 13.6. The summed E-state index contributed by atoms with van der Waals surface area (Å²) in [5, 5.41) is 0. The highest BCUT2D eigenvalue weighted by Gasteiger charge is 2.25. The lowest BCUT2D eigenvalue weighted by Gasteiger charge is -2.28. The summed E-state index contributed by atoms with van der Waals surface area (Å²) in [7, 11) is 0. The zero-order valence-corrected chi connectivity index (χ0v) is 14.5. The monoisotopic (exact) mass is 306 g/mol. The molecule has 1 rings (SSSR count). The molecular formula is C17H26N2OS. The Bertz CT molecular complexity index is 520. The molecule has 0 heterocycles. The Hall–Kier alpha value is -1.42. The van der Waals surface area contributed by atoms with Crippen LogP contribution in [0, 0.1) is 5.92 Å². The number of amides is 1. The Morgan fingerprint density at radius 1 is 1.33 bits per heavy atom. The number of hydrogen-bond acceptors (Lipinski definition) is 2. The van der Waals surface area contributed by atoms with E-state index in [0.717, 1.165) is 11.1 Å². The lowest BCUT2D eigenvalue weighted by atomic mass is 9.83.